The molecule has 20 heavy (non-hydrogen) atoms. The van der Waals surface area contributed by atoms with Gasteiger partial charge in [-0.1, -0.05) is 11.3 Å². The molecule has 0 aliphatic carbocycles. The lowest BCUT2D eigenvalue weighted by Crippen LogP contribution is -1.99. The van der Waals surface area contributed by atoms with Gasteiger partial charge in [-0.2, -0.15) is 0 Å². The third-order valence-electron chi connectivity index (χ3n) is 2.35. The Labute approximate surface area is 123 Å². The molecule has 0 radical (unpaired) electrons. The molecule has 0 N–H and O–H groups in total. The van der Waals surface area contributed by atoms with Crippen molar-refractivity contribution in [2.24, 2.45) is 0 Å². The molecule has 0 unspecified atom stereocenters. The van der Waals surface area contributed by atoms with Gasteiger partial charge >= 0.3 is 11.0 Å². The molecule has 2 heterocycles. The summed E-state index contributed by atoms with van der Waals surface area (Å²) in [5.41, 5.74) is 0.621. The van der Waals surface area contributed by atoms with E-state index in [-0.39, 0.29) is 11.6 Å². The summed E-state index contributed by atoms with van der Waals surface area (Å²) in [6.07, 6.45) is 3.04. The van der Waals surface area contributed by atoms with Crippen LogP contribution in [-0.4, -0.2) is 10.9 Å². The fourth-order valence-electron chi connectivity index (χ4n) is 1.43. The fourth-order valence-corrected chi connectivity index (χ4v) is 2.92. The van der Waals surface area contributed by atoms with E-state index < -0.39 is 10.9 Å². The average molecular weight is 309 g/mol. The molecule has 2 aromatic rings. The standard InChI is InChI=1S/C13H11NO4S2/c1-9-2-3-11(20-9)4-5-13(15)18-7-10-6-12(14(16)17)19-8-10/h2-6,8H,7H2,1H3. The number of hydrogen-bond acceptors (Lipinski definition) is 6. The van der Waals surface area contributed by atoms with Crippen LogP contribution < -0.4 is 0 Å². The molecule has 0 aliphatic rings. The molecule has 0 aromatic carbocycles. The van der Waals surface area contributed by atoms with E-state index in [1.54, 1.807) is 22.8 Å². The van der Waals surface area contributed by atoms with Crippen molar-refractivity contribution in [3.63, 3.8) is 0 Å². The van der Waals surface area contributed by atoms with Crippen molar-refractivity contribution >= 4 is 39.7 Å². The number of hydrogen-bond donors (Lipinski definition) is 0. The van der Waals surface area contributed by atoms with Crippen LogP contribution in [-0.2, 0) is 16.1 Å². The number of nitro groups is 1. The molecule has 0 fully saturated rings. The van der Waals surface area contributed by atoms with E-state index in [2.05, 4.69) is 0 Å². The van der Waals surface area contributed by atoms with Gasteiger partial charge in [0.15, 0.2) is 0 Å². The Morgan fingerprint density at radius 3 is 2.90 bits per heavy atom. The van der Waals surface area contributed by atoms with Gasteiger partial charge in [-0.05, 0) is 25.1 Å². The molecule has 5 nitrogen and oxygen atoms in total. The molecule has 0 saturated heterocycles. The molecule has 2 aromatic heterocycles. The Bertz CT molecular complexity index is 657. The zero-order valence-corrected chi connectivity index (χ0v) is 12.2. The number of ether oxygens (including phenoxy) is 1. The molecule has 7 heteroatoms. The lowest BCUT2D eigenvalue weighted by molar-refractivity contribution is -0.380. The normalized spacial score (nSPS) is 10.8. The molecule has 2 rings (SSSR count). The molecular weight excluding hydrogens is 298 g/mol. The zero-order valence-electron chi connectivity index (χ0n) is 10.6. The molecule has 0 bridgehead atoms. The second-order valence-electron chi connectivity index (χ2n) is 3.94. The van der Waals surface area contributed by atoms with Gasteiger partial charge in [-0.15, -0.1) is 11.3 Å². The van der Waals surface area contributed by atoms with Gasteiger partial charge < -0.3 is 4.74 Å². The van der Waals surface area contributed by atoms with Crippen molar-refractivity contribution in [3.05, 3.63) is 55.1 Å². The summed E-state index contributed by atoms with van der Waals surface area (Å²) in [6.45, 7) is 2.03. The van der Waals surface area contributed by atoms with Gasteiger partial charge in [0.1, 0.15) is 6.61 Å². The number of carbonyl (C=O) groups is 1. The van der Waals surface area contributed by atoms with Gasteiger partial charge in [-0.3, -0.25) is 10.1 Å². The third kappa shape index (κ3) is 4.01. The molecule has 0 atom stereocenters. The second-order valence-corrected chi connectivity index (χ2v) is 6.15. The molecule has 0 saturated carbocycles. The van der Waals surface area contributed by atoms with E-state index in [1.165, 1.54) is 17.0 Å². The summed E-state index contributed by atoms with van der Waals surface area (Å²) < 4.78 is 5.01. The number of esters is 1. The Hall–Kier alpha value is -1.99. The van der Waals surface area contributed by atoms with Crippen LogP contribution in [0.3, 0.4) is 0 Å². The Kier molecular flexibility index (Phi) is 4.65. The fraction of sp³-hybridized carbons (Fsp3) is 0.154. The van der Waals surface area contributed by atoms with Crippen LogP contribution in [0.25, 0.3) is 6.08 Å². The van der Waals surface area contributed by atoms with Gasteiger partial charge in [0.2, 0.25) is 0 Å². The van der Waals surface area contributed by atoms with E-state index in [9.17, 15) is 14.9 Å². The summed E-state index contributed by atoms with van der Waals surface area (Å²) >= 11 is 2.60. The van der Waals surface area contributed by atoms with Gasteiger partial charge in [0.05, 0.1) is 4.92 Å². The molecule has 0 spiro atoms. The molecular formula is C13H11NO4S2. The summed E-state index contributed by atoms with van der Waals surface area (Å²) in [6, 6.07) is 5.30. The van der Waals surface area contributed by atoms with Gasteiger partial charge in [0.25, 0.3) is 0 Å². The molecule has 104 valence electrons. The van der Waals surface area contributed by atoms with Crippen molar-refractivity contribution in [3.8, 4) is 0 Å². The first-order valence-corrected chi connectivity index (χ1v) is 7.37. The van der Waals surface area contributed by atoms with Gasteiger partial charge in [-0.25, -0.2) is 4.79 Å². The van der Waals surface area contributed by atoms with Crippen molar-refractivity contribution in [2.75, 3.05) is 0 Å². The minimum atomic E-state index is -0.468. The predicted octanol–water partition coefficient (Wildman–Crippen LogP) is 3.78. The van der Waals surface area contributed by atoms with Crippen molar-refractivity contribution < 1.29 is 14.5 Å². The lowest BCUT2D eigenvalue weighted by atomic mass is 10.3. The number of thiophene rings is 2. The quantitative estimate of drug-likeness (QED) is 0.365. The van der Waals surface area contributed by atoms with E-state index >= 15 is 0 Å². The minimum Gasteiger partial charge on any atom is -0.458 e. The van der Waals surface area contributed by atoms with Crippen LogP contribution in [0, 0.1) is 17.0 Å². The highest BCUT2D eigenvalue weighted by molar-refractivity contribution is 7.13. The maximum Gasteiger partial charge on any atom is 0.331 e. The maximum absolute atomic E-state index is 11.5. The van der Waals surface area contributed by atoms with Gasteiger partial charge in [0, 0.05) is 32.8 Å². The second kappa shape index (κ2) is 6.44. The lowest BCUT2D eigenvalue weighted by Gasteiger charge is -1.98. The first-order chi connectivity index (χ1) is 9.54. The van der Waals surface area contributed by atoms with Crippen LogP contribution in [0.2, 0.25) is 0 Å². The minimum absolute atomic E-state index is 0.0387. The Balaban J connectivity index is 1.85. The average Bonchev–Trinajstić information content (AvgIpc) is 3.03. The van der Waals surface area contributed by atoms with E-state index in [0.29, 0.717) is 5.56 Å². The van der Waals surface area contributed by atoms with Crippen molar-refractivity contribution in [1.82, 2.24) is 0 Å². The third-order valence-corrected chi connectivity index (χ3v) is 4.24. The van der Waals surface area contributed by atoms with E-state index in [1.807, 2.05) is 19.1 Å². The number of nitrogens with zero attached hydrogens (tertiary/aromatic N) is 1. The summed E-state index contributed by atoms with van der Waals surface area (Å²) in [5, 5.41) is 12.2. The van der Waals surface area contributed by atoms with Crippen LogP contribution in [0.1, 0.15) is 15.3 Å². The highest BCUT2D eigenvalue weighted by atomic mass is 32.1. The first kappa shape index (κ1) is 14.4. The predicted molar refractivity (Wildman–Crippen MR) is 78.9 cm³/mol. The Morgan fingerprint density at radius 2 is 2.30 bits per heavy atom. The van der Waals surface area contributed by atoms with E-state index in [0.717, 1.165) is 16.2 Å². The SMILES string of the molecule is Cc1ccc(C=CC(=O)OCc2csc([N+](=O)[O-])c2)s1. The highest BCUT2D eigenvalue weighted by Gasteiger charge is 2.10. The number of aryl methyl sites for hydroxylation is 1. The summed E-state index contributed by atoms with van der Waals surface area (Å²) in [4.78, 5) is 23.7. The number of carbonyl (C=O) groups excluding carboxylic acids is 1. The monoisotopic (exact) mass is 309 g/mol. The van der Waals surface area contributed by atoms with Crippen LogP contribution in [0.4, 0.5) is 5.00 Å². The first-order valence-electron chi connectivity index (χ1n) is 5.67. The Morgan fingerprint density at radius 1 is 1.50 bits per heavy atom. The zero-order chi connectivity index (χ0) is 14.5. The van der Waals surface area contributed by atoms with Crippen LogP contribution >= 0.6 is 22.7 Å². The van der Waals surface area contributed by atoms with E-state index in [4.69, 9.17) is 4.74 Å². The van der Waals surface area contributed by atoms with Crippen molar-refractivity contribution in [2.45, 2.75) is 13.5 Å². The number of rotatable bonds is 5. The molecule has 0 aliphatic heterocycles. The van der Waals surface area contributed by atoms with Crippen molar-refractivity contribution in [1.29, 1.82) is 0 Å². The highest BCUT2D eigenvalue weighted by Crippen LogP contribution is 2.23. The topological polar surface area (TPSA) is 69.4 Å². The maximum atomic E-state index is 11.5. The summed E-state index contributed by atoms with van der Waals surface area (Å²) in [7, 11) is 0. The molecule has 0 amide bonds. The van der Waals surface area contributed by atoms with Crippen LogP contribution in [0.5, 0.6) is 0 Å². The van der Waals surface area contributed by atoms with Crippen LogP contribution in [0.15, 0.2) is 29.7 Å². The smallest absolute Gasteiger partial charge is 0.331 e. The summed E-state index contributed by atoms with van der Waals surface area (Å²) in [5.74, 6) is -0.468. The largest absolute Gasteiger partial charge is 0.458 e.